The third-order valence-corrected chi connectivity index (χ3v) is 3.34. The minimum absolute atomic E-state index is 0.0970. The standard InChI is InChI=1S/C12H17N3O/c13-9-12(10-2-6-14-7-3-10)4-1-5-15-11(16)8-12/h2-3,6-7H,1,4-5,8-9,13H2,(H,15,16). The van der Waals surface area contributed by atoms with Crippen LogP contribution in [0.2, 0.25) is 0 Å². The first-order valence-corrected chi connectivity index (χ1v) is 5.64. The van der Waals surface area contributed by atoms with Gasteiger partial charge in [0.25, 0.3) is 0 Å². The van der Waals surface area contributed by atoms with E-state index >= 15 is 0 Å². The van der Waals surface area contributed by atoms with Crippen LogP contribution in [0.5, 0.6) is 0 Å². The van der Waals surface area contributed by atoms with E-state index in [9.17, 15) is 4.79 Å². The van der Waals surface area contributed by atoms with Gasteiger partial charge in [0.1, 0.15) is 0 Å². The highest BCUT2D eigenvalue weighted by molar-refractivity contribution is 5.78. The van der Waals surface area contributed by atoms with Crippen LogP contribution < -0.4 is 11.1 Å². The second-order valence-corrected chi connectivity index (χ2v) is 4.35. The van der Waals surface area contributed by atoms with Crippen LogP contribution in [0, 0.1) is 0 Å². The lowest BCUT2D eigenvalue weighted by Gasteiger charge is -2.30. The number of nitrogens with zero attached hydrogens (tertiary/aromatic N) is 1. The molecule has 1 aromatic heterocycles. The lowest BCUT2D eigenvalue weighted by Crippen LogP contribution is -2.38. The summed E-state index contributed by atoms with van der Waals surface area (Å²) in [6.45, 7) is 1.26. The molecule has 0 aromatic carbocycles. The van der Waals surface area contributed by atoms with Gasteiger partial charge in [0.15, 0.2) is 0 Å². The van der Waals surface area contributed by atoms with Gasteiger partial charge in [0.05, 0.1) is 0 Å². The lowest BCUT2D eigenvalue weighted by atomic mass is 9.75. The zero-order valence-corrected chi connectivity index (χ0v) is 9.28. The summed E-state index contributed by atoms with van der Waals surface area (Å²) in [5.41, 5.74) is 6.82. The summed E-state index contributed by atoms with van der Waals surface area (Å²) in [5, 5.41) is 2.89. The molecule has 1 saturated heterocycles. The maximum Gasteiger partial charge on any atom is 0.220 e. The first kappa shape index (κ1) is 11.1. The summed E-state index contributed by atoms with van der Waals surface area (Å²) >= 11 is 0. The molecule has 1 aliphatic rings. The van der Waals surface area contributed by atoms with E-state index in [1.165, 1.54) is 0 Å². The van der Waals surface area contributed by atoms with Crippen molar-refractivity contribution in [2.24, 2.45) is 5.73 Å². The van der Waals surface area contributed by atoms with E-state index in [1.54, 1.807) is 12.4 Å². The van der Waals surface area contributed by atoms with E-state index in [-0.39, 0.29) is 11.3 Å². The van der Waals surface area contributed by atoms with Gasteiger partial charge in [-0.05, 0) is 30.5 Å². The quantitative estimate of drug-likeness (QED) is 0.764. The Morgan fingerprint density at radius 2 is 2.19 bits per heavy atom. The first-order chi connectivity index (χ1) is 7.77. The predicted octanol–water partition coefficient (Wildman–Crippen LogP) is 0.578. The van der Waals surface area contributed by atoms with Crippen molar-refractivity contribution >= 4 is 5.91 Å². The average Bonchev–Trinajstić information content (AvgIpc) is 2.53. The minimum atomic E-state index is -0.205. The van der Waals surface area contributed by atoms with Gasteiger partial charge in [-0.1, -0.05) is 0 Å². The molecule has 16 heavy (non-hydrogen) atoms. The Bertz CT molecular complexity index is 366. The molecule has 4 nitrogen and oxygen atoms in total. The van der Waals surface area contributed by atoms with Crippen molar-refractivity contribution < 1.29 is 4.79 Å². The number of nitrogens with one attached hydrogen (secondary N) is 1. The van der Waals surface area contributed by atoms with Gasteiger partial charge in [-0.25, -0.2) is 0 Å². The normalized spacial score (nSPS) is 25.9. The molecule has 86 valence electrons. The molecule has 3 N–H and O–H groups in total. The summed E-state index contributed by atoms with van der Waals surface area (Å²) in [6.07, 6.45) is 5.93. The molecule has 0 spiro atoms. The van der Waals surface area contributed by atoms with Gasteiger partial charge in [0, 0.05) is 37.3 Å². The Balaban J connectivity index is 2.33. The van der Waals surface area contributed by atoms with E-state index in [2.05, 4.69) is 10.3 Å². The molecular weight excluding hydrogens is 202 g/mol. The Hall–Kier alpha value is -1.42. The highest BCUT2D eigenvalue weighted by atomic mass is 16.1. The van der Waals surface area contributed by atoms with Crippen molar-refractivity contribution in [1.82, 2.24) is 10.3 Å². The predicted molar refractivity (Wildman–Crippen MR) is 61.8 cm³/mol. The second kappa shape index (κ2) is 4.61. The molecule has 0 radical (unpaired) electrons. The summed E-state index contributed by atoms with van der Waals surface area (Å²) in [4.78, 5) is 15.7. The summed E-state index contributed by atoms with van der Waals surface area (Å²) in [7, 11) is 0. The Labute approximate surface area is 95.3 Å². The van der Waals surface area contributed by atoms with Crippen LogP contribution in [0.4, 0.5) is 0 Å². The first-order valence-electron chi connectivity index (χ1n) is 5.64. The molecule has 1 unspecified atom stereocenters. The van der Waals surface area contributed by atoms with E-state index < -0.39 is 0 Å². The van der Waals surface area contributed by atoms with Gasteiger partial charge < -0.3 is 11.1 Å². The zero-order valence-electron chi connectivity index (χ0n) is 9.28. The van der Waals surface area contributed by atoms with Crippen molar-refractivity contribution in [3.63, 3.8) is 0 Å². The molecule has 2 heterocycles. The maximum absolute atomic E-state index is 11.6. The van der Waals surface area contributed by atoms with Crippen LogP contribution >= 0.6 is 0 Å². The third kappa shape index (κ3) is 2.07. The van der Waals surface area contributed by atoms with Crippen molar-refractivity contribution in [1.29, 1.82) is 0 Å². The average molecular weight is 219 g/mol. The summed E-state index contributed by atoms with van der Waals surface area (Å²) in [5.74, 6) is 0.0970. The van der Waals surface area contributed by atoms with Crippen LogP contribution in [0.25, 0.3) is 0 Å². The van der Waals surface area contributed by atoms with Gasteiger partial charge in [0.2, 0.25) is 5.91 Å². The molecule has 1 aromatic rings. The molecule has 1 aliphatic heterocycles. The zero-order chi connectivity index (χ0) is 11.4. The van der Waals surface area contributed by atoms with Crippen LogP contribution in [-0.2, 0) is 10.2 Å². The van der Waals surface area contributed by atoms with Crippen LogP contribution in [-0.4, -0.2) is 24.0 Å². The fourth-order valence-electron chi connectivity index (χ4n) is 2.36. The molecular formula is C12H17N3O. The third-order valence-electron chi connectivity index (χ3n) is 3.34. The fraction of sp³-hybridized carbons (Fsp3) is 0.500. The van der Waals surface area contributed by atoms with Gasteiger partial charge in [-0.3, -0.25) is 9.78 Å². The molecule has 1 amide bonds. The largest absolute Gasteiger partial charge is 0.356 e. The number of hydrogen-bond donors (Lipinski definition) is 2. The SMILES string of the molecule is NCC1(c2ccncc2)CCCNC(=O)C1. The highest BCUT2D eigenvalue weighted by Crippen LogP contribution is 2.33. The number of carbonyl (C=O) groups is 1. The molecule has 0 bridgehead atoms. The number of nitrogens with two attached hydrogens (primary N) is 1. The Kier molecular flexibility index (Phi) is 3.19. The molecule has 1 fully saturated rings. The van der Waals surface area contributed by atoms with E-state index in [1.807, 2.05) is 12.1 Å². The minimum Gasteiger partial charge on any atom is -0.356 e. The highest BCUT2D eigenvalue weighted by Gasteiger charge is 2.34. The van der Waals surface area contributed by atoms with Crippen molar-refractivity contribution in [3.8, 4) is 0 Å². The Morgan fingerprint density at radius 3 is 2.88 bits per heavy atom. The van der Waals surface area contributed by atoms with E-state index in [4.69, 9.17) is 5.73 Å². The van der Waals surface area contributed by atoms with Crippen LogP contribution in [0.3, 0.4) is 0 Å². The molecule has 0 aliphatic carbocycles. The molecule has 0 saturated carbocycles. The molecule has 1 atom stereocenters. The van der Waals surface area contributed by atoms with Crippen molar-refractivity contribution in [2.45, 2.75) is 24.7 Å². The second-order valence-electron chi connectivity index (χ2n) is 4.35. The monoisotopic (exact) mass is 219 g/mol. The summed E-state index contributed by atoms with van der Waals surface area (Å²) < 4.78 is 0. The number of pyridine rings is 1. The van der Waals surface area contributed by atoms with Crippen molar-refractivity contribution in [2.75, 3.05) is 13.1 Å². The fourth-order valence-corrected chi connectivity index (χ4v) is 2.36. The summed E-state index contributed by atoms with van der Waals surface area (Å²) in [6, 6.07) is 3.93. The number of carbonyl (C=O) groups excluding carboxylic acids is 1. The van der Waals surface area contributed by atoms with Gasteiger partial charge >= 0.3 is 0 Å². The van der Waals surface area contributed by atoms with Crippen LogP contribution in [0.1, 0.15) is 24.8 Å². The number of rotatable bonds is 2. The van der Waals surface area contributed by atoms with E-state index in [0.29, 0.717) is 13.0 Å². The van der Waals surface area contributed by atoms with E-state index in [0.717, 1.165) is 24.9 Å². The molecule has 2 rings (SSSR count). The lowest BCUT2D eigenvalue weighted by molar-refractivity contribution is -0.121. The molecule has 4 heteroatoms. The topological polar surface area (TPSA) is 68.0 Å². The smallest absolute Gasteiger partial charge is 0.220 e. The van der Waals surface area contributed by atoms with Gasteiger partial charge in [-0.2, -0.15) is 0 Å². The number of amides is 1. The van der Waals surface area contributed by atoms with Crippen LogP contribution in [0.15, 0.2) is 24.5 Å². The van der Waals surface area contributed by atoms with Crippen molar-refractivity contribution in [3.05, 3.63) is 30.1 Å². The number of hydrogen-bond acceptors (Lipinski definition) is 3. The van der Waals surface area contributed by atoms with Gasteiger partial charge in [-0.15, -0.1) is 0 Å². The number of aromatic nitrogens is 1. The Morgan fingerprint density at radius 1 is 1.44 bits per heavy atom. The maximum atomic E-state index is 11.6.